The maximum Gasteiger partial charge on any atom is 0.416 e. The van der Waals surface area contributed by atoms with Crippen LogP contribution in [0.3, 0.4) is 0 Å². The van der Waals surface area contributed by atoms with Crippen LogP contribution in [-0.4, -0.2) is 13.4 Å². The van der Waals surface area contributed by atoms with Crippen molar-refractivity contribution >= 4 is 27.3 Å². The van der Waals surface area contributed by atoms with Crippen LogP contribution in [0.4, 0.5) is 18.9 Å². The molecule has 1 N–H and O–H groups in total. The van der Waals surface area contributed by atoms with Gasteiger partial charge in [0.15, 0.2) is 5.03 Å². The van der Waals surface area contributed by atoms with E-state index >= 15 is 0 Å². The molecular formula is C12H8ClF3N2O2S. The van der Waals surface area contributed by atoms with Crippen LogP contribution in [-0.2, 0) is 16.2 Å². The van der Waals surface area contributed by atoms with Gasteiger partial charge in [-0.15, -0.1) is 0 Å². The first kappa shape index (κ1) is 15.6. The SMILES string of the molecule is O=S(=O)(Nc1ccc(C(F)(F)F)cc1Cl)c1ccccn1. The van der Waals surface area contributed by atoms with Crippen molar-refractivity contribution in [2.45, 2.75) is 11.2 Å². The third-order valence-electron chi connectivity index (χ3n) is 2.45. The quantitative estimate of drug-likeness (QED) is 0.932. The highest BCUT2D eigenvalue weighted by Crippen LogP contribution is 2.34. The fourth-order valence-corrected chi connectivity index (χ4v) is 2.79. The minimum absolute atomic E-state index is 0.157. The maximum absolute atomic E-state index is 12.5. The first-order valence-corrected chi connectivity index (χ1v) is 7.37. The second kappa shape index (κ2) is 5.53. The number of rotatable bonds is 3. The minimum atomic E-state index is -4.55. The summed E-state index contributed by atoms with van der Waals surface area (Å²) < 4.78 is 63.5. The number of alkyl halides is 3. The molecule has 1 aromatic heterocycles. The number of anilines is 1. The highest BCUT2D eigenvalue weighted by atomic mass is 35.5. The molecule has 0 aliphatic carbocycles. The van der Waals surface area contributed by atoms with E-state index in [1.807, 2.05) is 0 Å². The van der Waals surface area contributed by atoms with Crippen molar-refractivity contribution in [3.05, 3.63) is 53.2 Å². The summed E-state index contributed by atoms with van der Waals surface area (Å²) in [5.74, 6) is 0. The van der Waals surface area contributed by atoms with Gasteiger partial charge in [-0.1, -0.05) is 17.7 Å². The molecule has 0 spiro atoms. The zero-order valence-corrected chi connectivity index (χ0v) is 11.8. The predicted octanol–water partition coefficient (Wildman–Crippen LogP) is 3.55. The van der Waals surface area contributed by atoms with Crippen LogP contribution < -0.4 is 4.72 Å². The zero-order valence-electron chi connectivity index (χ0n) is 10.2. The number of nitrogens with one attached hydrogen (secondary N) is 1. The summed E-state index contributed by atoms with van der Waals surface area (Å²) in [6.45, 7) is 0. The topological polar surface area (TPSA) is 59.1 Å². The summed E-state index contributed by atoms with van der Waals surface area (Å²) in [5, 5.41) is -0.620. The lowest BCUT2D eigenvalue weighted by Gasteiger charge is -2.11. The molecule has 0 radical (unpaired) electrons. The molecule has 1 aromatic carbocycles. The second-order valence-electron chi connectivity index (χ2n) is 3.97. The van der Waals surface area contributed by atoms with Gasteiger partial charge in [0.05, 0.1) is 16.3 Å². The van der Waals surface area contributed by atoms with Crippen LogP contribution in [0, 0.1) is 0 Å². The molecule has 0 unspecified atom stereocenters. The standard InChI is InChI=1S/C12H8ClF3N2O2S/c13-9-7-8(12(14,15)16)4-5-10(9)18-21(19,20)11-3-1-2-6-17-11/h1-7,18H. The van der Waals surface area contributed by atoms with Crippen molar-refractivity contribution in [2.75, 3.05) is 4.72 Å². The van der Waals surface area contributed by atoms with Gasteiger partial charge in [-0.05, 0) is 30.3 Å². The summed E-state index contributed by atoms with van der Waals surface area (Å²) in [7, 11) is -4.01. The van der Waals surface area contributed by atoms with Crippen molar-refractivity contribution in [3.8, 4) is 0 Å². The van der Waals surface area contributed by atoms with Crippen molar-refractivity contribution in [3.63, 3.8) is 0 Å². The van der Waals surface area contributed by atoms with Crippen LogP contribution in [0.15, 0.2) is 47.6 Å². The molecule has 112 valence electrons. The van der Waals surface area contributed by atoms with Gasteiger partial charge in [0.2, 0.25) is 0 Å². The number of hydrogen-bond donors (Lipinski definition) is 1. The molecule has 2 aromatic rings. The van der Waals surface area contributed by atoms with Crippen LogP contribution in [0.5, 0.6) is 0 Å². The molecule has 0 bridgehead atoms. The van der Waals surface area contributed by atoms with Gasteiger partial charge in [0.25, 0.3) is 10.0 Å². The first-order valence-electron chi connectivity index (χ1n) is 5.51. The number of aromatic nitrogens is 1. The number of sulfonamides is 1. The van der Waals surface area contributed by atoms with E-state index in [9.17, 15) is 21.6 Å². The lowest BCUT2D eigenvalue weighted by atomic mass is 10.2. The molecular weight excluding hydrogens is 329 g/mol. The van der Waals surface area contributed by atoms with Crippen LogP contribution in [0.2, 0.25) is 5.02 Å². The molecule has 0 amide bonds. The Morgan fingerprint density at radius 3 is 2.38 bits per heavy atom. The van der Waals surface area contributed by atoms with Gasteiger partial charge < -0.3 is 0 Å². The van der Waals surface area contributed by atoms with Crippen molar-refractivity contribution in [1.82, 2.24) is 4.98 Å². The molecule has 9 heteroatoms. The van der Waals surface area contributed by atoms with E-state index in [1.165, 1.54) is 24.4 Å². The Labute approximate surface area is 123 Å². The monoisotopic (exact) mass is 336 g/mol. The van der Waals surface area contributed by atoms with Crippen LogP contribution in [0.25, 0.3) is 0 Å². The van der Waals surface area contributed by atoms with E-state index in [-0.39, 0.29) is 15.7 Å². The Morgan fingerprint density at radius 2 is 1.86 bits per heavy atom. The van der Waals surface area contributed by atoms with E-state index in [1.54, 1.807) is 0 Å². The van der Waals surface area contributed by atoms with Gasteiger partial charge in [0.1, 0.15) is 0 Å². The number of pyridine rings is 1. The fourth-order valence-electron chi connectivity index (χ4n) is 1.48. The number of halogens is 4. The summed E-state index contributed by atoms with van der Waals surface area (Å²) in [4.78, 5) is 3.66. The van der Waals surface area contributed by atoms with Gasteiger partial charge in [-0.3, -0.25) is 4.72 Å². The van der Waals surface area contributed by atoms with Crippen molar-refractivity contribution < 1.29 is 21.6 Å². The summed E-state index contributed by atoms with van der Waals surface area (Å²) in [5.41, 5.74) is -1.12. The molecule has 0 atom stereocenters. The van der Waals surface area contributed by atoms with Gasteiger partial charge in [-0.2, -0.15) is 21.6 Å². The van der Waals surface area contributed by atoms with E-state index in [0.29, 0.717) is 6.07 Å². The molecule has 0 saturated heterocycles. The Kier molecular flexibility index (Phi) is 4.11. The normalized spacial score (nSPS) is 12.2. The summed E-state index contributed by atoms with van der Waals surface area (Å²) in [6, 6.07) is 6.59. The van der Waals surface area contributed by atoms with E-state index in [4.69, 9.17) is 11.6 Å². The molecule has 2 rings (SSSR count). The molecule has 4 nitrogen and oxygen atoms in total. The third-order valence-corrected chi connectivity index (χ3v) is 4.05. The highest BCUT2D eigenvalue weighted by molar-refractivity contribution is 7.92. The van der Waals surface area contributed by atoms with Crippen LogP contribution >= 0.6 is 11.6 Å². The zero-order chi connectivity index (χ0) is 15.7. The number of nitrogens with zero attached hydrogens (tertiary/aromatic N) is 1. The van der Waals surface area contributed by atoms with Crippen molar-refractivity contribution in [2.24, 2.45) is 0 Å². The molecule has 1 heterocycles. The Bertz CT molecular complexity index is 749. The lowest BCUT2D eigenvalue weighted by molar-refractivity contribution is -0.137. The molecule has 0 saturated carbocycles. The molecule has 0 aliphatic heterocycles. The highest BCUT2D eigenvalue weighted by Gasteiger charge is 2.31. The van der Waals surface area contributed by atoms with Gasteiger partial charge in [-0.25, -0.2) is 4.98 Å². The lowest BCUT2D eigenvalue weighted by Crippen LogP contribution is -2.15. The smallest absolute Gasteiger partial charge is 0.277 e. The molecule has 21 heavy (non-hydrogen) atoms. The Balaban J connectivity index is 2.33. The number of benzene rings is 1. The van der Waals surface area contributed by atoms with E-state index in [0.717, 1.165) is 12.1 Å². The van der Waals surface area contributed by atoms with Gasteiger partial charge in [0, 0.05) is 6.20 Å². The average molecular weight is 337 g/mol. The fraction of sp³-hybridized carbons (Fsp3) is 0.0833. The predicted molar refractivity (Wildman–Crippen MR) is 71.5 cm³/mol. The maximum atomic E-state index is 12.5. The van der Waals surface area contributed by atoms with E-state index < -0.39 is 21.8 Å². The average Bonchev–Trinajstić information content (AvgIpc) is 2.41. The van der Waals surface area contributed by atoms with E-state index in [2.05, 4.69) is 9.71 Å². The third kappa shape index (κ3) is 3.64. The summed E-state index contributed by atoms with van der Waals surface area (Å²) >= 11 is 5.68. The van der Waals surface area contributed by atoms with Crippen molar-refractivity contribution in [1.29, 1.82) is 0 Å². The largest absolute Gasteiger partial charge is 0.416 e. The minimum Gasteiger partial charge on any atom is -0.277 e. The first-order chi connectivity index (χ1) is 9.70. The summed E-state index contributed by atoms with van der Waals surface area (Å²) in [6.07, 6.45) is -3.27. The second-order valence-corrected chi connectivity index (χ2v) is 6.00. The number of hydrogen-bond acceptors (Lipinski definition) is 3. The Hall–Kier alpha value is -1.80. The van der Waals surface area contributed by atoms with Crippen LogP contribution in [0.1, 0.15) is 5.56 Å². The molecule has 0 fully saturated rings. The Morgan fingerprint density at radius 1 is 1.14 bits per heavy atom. The van der Waals surface area contributed by atoms with Gasteiger partial charge >= 0.3 is 6.18 Å². The molecule has 0 aliphatic rings.